The summed E-state index contributed by atoms with van der Waals surface area (Å²) < 4.78 is 0. The maximum Gasteiger partial charge on any atom is 0.0716 e. The van der Waals surface area contributed by atoms with Crippen molar-refractivity contribution in [3.63, 3.8) is 0 Å². The molecule has 0 radical (unpaired) electrons. The molecule has 0 saturated heterocycles. The zero-order valence-electron chi connectivity index (χ0n) is 29.9. The Hall–Kier alpha value is -6.31. The van der Waals surface area contributed by atoms with Crippen molar-refractivity contribution in [2.75, 3.05) is 0 Å². The molecule has 250 valence electrons. The maximum absolute atomic E-state index is 5.50. The van der Waals surface area contributed by atoms with Crippen LogP contribution in [0.25, 0.3) is 78.1 Å². The second-order valence-corrected chi connectivity index (χ2v) is 14.5. The molecule has 0 spiro atoms. The van der Waals surface area contributed by atoms with Crippen LogP contribution in [0.15, 0.2) is 194 Å². The van der Waals surface area contributed by atoms with Gasteiger partial charge in [0.05, 0.1) is 11.4 Å². The van der Waals surface area contributed by atoms with Crippen LogP contribution in [0.3, 0.4) is 0 Å². The summed E-state index contributed by atoms with van der Waals surface area (Å²) in [6.07, 6.45) is 0. The molecular formula is C51H41N. The summed E-state index contributed by atoms with van der Waals surface area (Å²) in [6, 6.07) is 69.9. The Balaban J connectivity index is 1.36. The molecule has 0 bridgehead atoms. The molecule has 8 aromatic rings. The molecule has 0 N–H and O–H groups in total. The van der Waals surface area contributed by atoms with Gasteiger partial charge in [0.15, 0.2) is 0 Å². The molecule has 52 heavy (non-hydrogen) atoms. The van der Waals surface area contributed by atoms with Crippen LogP contribution in [0.2, 0.25) is 0 Å². The van der Waals surface area contributed by atoms with Gasteiger partial charge in [0.25, 0.3) is 0 Å². The van der Waals surface area contributed by atoms with Crippen LogP contribution >= 0.6 is 0 Å². The third-order valence-corrected chi connectivity index (χ3v) is 9.80. The van der Waals surface area contributed by atoms with E-state index in [0.717, 1.165) is 50.3 Å². The van der Waals surface area contributed by atoms with Crippen LogP contribution in [0.4, 0.5) is 0 Å². The quantitative estimate of drug-likeness (QED) is 0.165. The van der Waals surface area contributed by atoms with Gasteiger partial charge in [-0.2, -0.15) is 0 Å². The summed E-state index contributed by atoms with van der Waals surface area (Å²) in [6.45, 7) is 6.79. The topological polar surface area (TPSA) is 12.9 Å². The fraction of sp³-hybridized carbons (Fsp3) is 0.0784. The maximum atomic E-state index is 5.50. The van der Waals surface area contributed by atoms with E-state index in [1.165, 1.54) is 33.4 Å². The smallest absolute Gasteiger partial charge is 0.0716 e. The van der Waals surface area contributed by atoms with Crippen LogP contribution in [0, 0.1) is 0 Å². The van der Waals surface area contributed by atoms with Gasteiger partial charge in [-0.05, 0) is 115 Å². The summed E-state index contributed by atoms with van der Waals surface area (Å²) in [5.74, 6) is 0. The standard InChI is InChI=1S/C51H41N/c1-51(2,3)48-26-24-40(25-27-48)45-34-49(46-30-41(36-16-8-4-9-17-36)28-42(31-46)37-18-10-5-11-19-37)52-50(35-45)47-32-43(38-20-12-6-13-21-38)29-44(33-47)39-22-14-7-15-23-39/h4-35H,1-3H3. The molecule has 1 nitrogen and oxygen atoms in total. The lowest BCUT2D eigenvalue weighted by molar-refractivity contribution is 0.590. The molecule has 0 amide bonds. The highest BCUT2D eigenvalue weighted by Gasteiger charge is 2.16. The zero-order chi connectivity index (χ0) is 35.5. The number of aromatic nitrogens is 1. The van der Waals surface area contributed by atoms with Crippen LogP contribution in [0.5, 0.6) is 0 Å². The lowest BCUT2D eigenvalue weighted by Gasteiger charge is -2.19. The molecular weight excluding hydrogens is 627 g/mol. The molecule has 7 aromatic carbocycles. The molecule has 8 rings (SSSR count). The van der Waals surface area contributed by atoms with E-state index in [0.29, 0.717) is 0 Å². The molecule has 0 saturated carbocycles. The SMILES string of the molecule is CC(C)(C)c1ccc(-c2cc(-c3cc(-c4ccccc4)cc(-c4ccccc4)c3)nc(-c3cc(-c4ccccc4)cc(-c4ccccc4)c3)c2)cc1. The first kappa shape index (κ1) is 32.9. The summed E-state index contributed by atoms with van der Waals surface area (Å²) >= 11 is 0. The fourth-order valence-corrected chi connectivity index (χ4v) is 6.90. The normalized spacial score (nSPS) is 11.4. The lowest BCUT2D eigenvalue weighted by atomic mass is 9.86. The Labute approximate surface area is 308 Å². The summed E-state index contributed by atoms with van der Waals surface area (Å²) in [5.41, 5.74) is 17.1. The molecule has 0 atom stereocenters. The number of hydrogen-bond donors (Lipinski definition) is 0. The van der Waals surface area contributed by atoms with Gasteiger partial charge in [-0.3, -0.25) is 0 Å². The van der Waals surface area contributed by atoms with E-state index >= 15 is 0 Å². The third-order valence-electron chi connectivity index (χ3n) is 9.80. The monoisotopic (exact) mass is 667 g/mol. The molecule has 1 aromatic heterocycles. The summed E-state index contributed by atoms with van der Waals surface area (Å²) in [7, 11) is 0. The van der Waals surface area contributed by atoms with Gasteiger partial charge in [0.1, 0.15) is 0 Å². The highest BCUT2D eigenvalue weighted by atomic mass is 14.7. The Morgan fingerprint density at radius 1 is 0.269 bits per heavy atom. The minimum absolute atomic E-state index is 0.0739. The fourth-order valence-electron chi connectivity index (χ4n) is 6.90. The van der Waals surface area contributed by atoms with Gasteiger partial charge >= 0.3 is 0 Å². The largest absolute Gasteiger partial charge is 0.248 e. The zero-order valence-corrected chi connectivity index (χ0v) is 29.9. The minimum atomic E-state index is 0.0739. The van der Waals surface area contributed by atoms with Crippen LogP contribution in [0.1, 0.15) is 26.3 Å². The highest BCUT2D eigenvalue weighted by molar-refractivity contribution is 5.85. The minimum Gasteiger partial charge on any atom is -0.248 e. The molecule has 0 unspecified atom stereocenters. The van der Waals surface area contributed by atoms with Crippen molar-refractivity contribution in [2.45, 2.75) is 26.2 Å². The van der Waals surface area contributed by atoms with Crippen LogP contribution in [-0.2, 0) is 5.41 Å². The van der Waals surface area contributed by atoms with E-state index in [1.807, 2.05) is 0 Å². The van der Waals surface area contributed by atoms with Crippen LogP contribution < -0.4 is 0 Å². The van der Waals surface area contributed by atoms with Gasteiger partial charge < -0.3 is 0 Å². The average molecular weight is 668 g/mol. The Kier molecular flexibility index (Phi) is 8.93. The second-order valence-electron chi connectivity index (χ2n) is 14.5. The van der Waals surface area contributed by atoms with E-state index in [4.69, 9.17) is 4.98 Å². The van der Waals surface area contributed by atoms with Gasteiger partial charge in [-0.15, -0.1) is 0 Å². The number of benzene rings is 7. The van der Waals surface area contributed by atoms with Crippen molar-refractivity contribution < 1.29 is 0 Å². The Bertz CT molecular complexity index is 2180. The first-order valence-corrected chi connectivity index (χ1v) is 18.0. The molecule has 0 aliphatic heterocycles. The third kappa shape index (κ3) is 7.13. The van der Waals surface area contributed by atoms with Gasteiger partial charge in [0.2, 0.25) is 0 Å². The number of pyridine rings is 1. The van der Waals surface area contributed by atoms with Crippen molar-refractivity contribution in [2.24, 2.45) is 0 Å². The van der Waals surface area contributed by atoms with Crippen molar-refractivity contribution in [1.29, 1.82) is 0 Å². The summed E-state index contributed by atoms with van der Waals surface area (Å²) in [5, 5.41) is 0. The average Bonchev–Trinajstić information content (AvgIpc) is 3.21. The molecule has 0 fully saturated rings. The van der Waals surface area contributed by atoms with E-state index in [9.17, 15) is 0 Å². The van der Waals surface area contributed by atoms with E-state index in [1.54, 1.807) is 0 Å². The second kappa shape index (κ2) is 14.1. The molecule has 0 aliphatic carbocycles. The predicted octanol–water partition coefficient (Wildman–Crippen LogP) is 14.0. The van der Waals surface area contributed by atoms with Crippen molar-refractivity contribution in [3.8, 4) is 78.1 Å². The molecule has 0 aliphatic rings. The van der Waals surface area contributed by atoms with Crippen molar-refractivity contribution in [1.82, 2.24) is 4.98 Å². The number of rotatable bonds is 7. The molecule has 1 heterocycles. The molecule has 1 heteroatoms. The van der Waals surface area contributed by atoms with Gasteiger partial charge in [-0.25, -0.2) is 4.98 Å². The predicted molar refractivity (Wildman–Crippen MR) is 221 cm³/mol. The number of nitrogens with zero attached hydrogens (tertiary/aromatic N) is 1. The van der Waals surface area contributed by atoms with E-state index in [-0.39, 0.29) is 5.41 Å². The highest BCUT2D eigenvalue weighted by Crippen LogP contribution is 2.38. The van der Waals surface area contributed by atoms with Gasteiger partial charge in [-0.1, -0.05) is 166 Å². The number of hydrogen-bond acceptors (Lipinski definition) is 1. The van der Waals surface area contributed by atoms with Gasteiger partial charge in [0, 0.05) is 11.1 Å². The van der Waals surface area contributed by atoms with E-state index < -0.39 is 0 Å². The van der Waals surface area contributed by atoms with E-state index in [2.05, 4.69) is 215 Å². The first-order chi connectivity index (χ1) is 25.4. The Morgan fingerprint density at radius 3 is 0.846 bits per heavy atom. The lowest BCUT2D eigenvalue weighted by Crippen LogP contribution is -2.10. The Morgan fingerprint density at radius 2 is 0.538 bits per heavy atom. The summed E-state index contributed by atoms with van der Waals surface area (Å²) in [4.78, 5) is 5.50. The van der Waals surface area contributed by atoms with Crippen LogP contribution in [-0.4, -0.2) is 4.98 Å². The first-order valence-electron chi connectivity index (χ1n) is 18.0. The van der Waals surface area contributed by atoms with Crippen molar-refractivity contribution >= 4 is 0 Å². The van der Waals surface area contributed by atoms with Crippen molar-refractivity contribution in [3.05, 3.63) is 200 Å².